The molecule has 1 N–H and O–H groups in total. The van der Waals surface area contributed by atoms with Crippen molar-refractivity contribution in [3.8, 4) is 0 Å². The Bertz CT molecular complexity index is 721. The number of ether oxygens (including phenoxy) is 1. The van der Waals surface area contributed by atoms with Crippen LogP contribution in [0.15, 0.2) is 24.5 Å². The summed E-state index contributed by atoms with van der Waals surface area (Å²) in [5.41, 5.74) is -0.942. The van der Waals surface area contributed by atoms with Crippen LogP contribution in [-0.2, 0) is 15.7 Å². The number of carbonyl (C=O) groups is 2. The second kappa shape index (κ2) is 6.97. The van der Waals surface area contributed by atoms with Crippen LogP contribution in [0.3, 0.4) is 0 Å². The van der Waals surface area contributed by atoms with Gasteiger partial charge in [-0.25, -0.2) is 9.59 Å². The van der Waals surface area contributed by atoms with Gasteiger partial charge in [-0.05, 0) is 50.8 Å². The van der Waals surface area contributed by atoms with Gasteiger partial charge in [0, 0.05) is 12.4 Å². The molecule has 1 aliphatic rings. The van der Waals surface area contributed by atoms with Gasteiger partial charge in [0.1, 0.15) is 17.3 Å². The van der Waals surface area contributed by atoms with Crippen molar-refractivity contribution < 1.29 is 32.6 Å². The van der Waals surface area contributed by atoms with Crippen LogP contribution >= 0.6 is 0 Å². The number of rotatable bonds is 2. The Morgan fingerprint density at radius 2 is 1.92 bits per heavy atom. The van der Waals surface area contributed by atoms with Crippen molar-refractivity contribution in [1.29, 1.82) is 0 Å². The number of carboxylic acid groups (broad SMARTS) is 1. The summed E-state index contributed by atoms with van der Waals surface area (Å²) in [7, 11) is 0. The number of carbonyl (C=O) groups excluding carboxylic acids is 1. The van der Waals surface area contributed by atoms with Gasteiger partial charge in [0.15, 0.2) is 0 Å². The molecule has 1 amide bonds. The molecule has 1 atom stereocenters. The number of aromatic nitrogens is 1. The van der Waals surface area contributed by atoms with Crippen LogP contribution < -0.4 is 0 Å². The molecule has 0 saturated carbocycles. The minimum atomic E-state index is -4.55. The molecule has 26 heavy (non-hydrogen) atoms. The van der Waals surface area contributed by atoms with Crippen LogP contribution in [0.1, 0.15) is 44.9 Å². The maximum Gasteiger partial charge on any atom is 0.433 e. The van der Waals surface area contributed by atoms with Crippen LogP contribution in [0.25, 0.3) is 5.57 Å². The molecule has 0 fully saturated rings. The molecule has 1 aromatic rings. The summed E-state index contributed by atoms with van der Waals surface area (Å²) in [6.45, 7) is 5.02. The number of hydrogen-bond acceptors (Lipinski definition) is 4. The monoisotopic (exact) mass is 372 g/mol. The molecule has 1 unspecified atom stereocenters. The lowest BCUT2D eigenvalue weighted by Gasteiger charge is -2.32. The third kappa shape index (κ3) is 4.74. The number of amides is 1. The van der Waals surface area contributed by atoms with E-state index in [4.69, 9.17) is 4.74 Å². The van der Waals surface area contributed by atoms with Crippen LogP contribution in [0, 0.1) is 0 Å². The van der Waals surface area contributed by atoms with E-state index in [1.807, 2.05) is 0 Å². The van der Waals surface area contributed by atoms with Crippen molar-refractivity contribution in [2.75, 3.05) is 0 Å². The van der Waals surface area contributed by atoms with Crippen molar-refractivity contribution in [3.05, 3.63) is 35.8 Å². The molecule has 142 valence electrons. The minimum absolute atomic E-state index is 0.161. The highest BCUT2D eigenvalue weighted by molar-refractivity contribution is 5.84. The zero-order chi connectivity index (χ0) is 19.7. The Morgan fingerprint density at radius 1 is 1.27 bits per heavy atom. The molecule has 1 aromatic heterocycles. The van der Waals surface area contributed by atoms with E-state index in [9.17, 15) is 27.9 Å². The van der Waals surface area contributed by atoms with E-state index in [0.29, 0.717) is 17.6 Å². The standard InChI is InChI=1S/C17H19F3N2O4/c1-16(2,3)26-14(23)12-6-4-11(9-22(12)15(24)25)10-5-7-13(21-8-10)17(18,19)20/h5,7-9,12H,4,6H2,1-3H3,(H,24,25). The third-order valence-electron chi connectivity index (χ3n) is 3.64. The van der Waals surface area contributed by atoms with Crippen molar-refractivity contribution >= 4 is 17.6 Å². The summed E-state index contributed by atoms with van der Waals surface area (Å²) in [6, 6.07) is 1.06. The molecule has 0 spiro atoms. The lowest BCUT2D eigenvalue weighted by molar-refractivity contribution is -0.160. The van der Waals surface area contributed by atoms with Crippen LogP contribution in [0.2, 0.25) is 0 Å². The normalized spacial score (nSPS) is 18.3. The summed E-state index contributed by atoms with van der Waals surface area (Å²) in [5.74, 6) is -0.666. The van der Waals surface area contributed by atoms with Crippen LogP contribution in [0.4, 0.5) is 18.0 Å². The van der Waals surface area contributed by atoms with Gasteiger partial charge in [0.05, 0.1) is 0 Å². The molecule has 0 aliphatic carbocycles. The second-order valence-electron chi connectivity index (χ2n) is 6.86. The van der Waals surface area contributed by atoms with E-state index >= 15 is 0 Å². The lowest BCUT2D eigenvalue weighted by Crippen LogP contribution is -2.45. The Kier molecular flexibility index (Phi) is 5.29. The summed E-state index contributed by atoms with van der Waals surface area (Å²) < 4.78 is 43.0. The van der Waals surface area contributed by atoms with Gasteiger partial charge >= 0.3 is 18.2 Å². The average molecular weight is 372 g/mol. The molecule has 0 saturated heterocycles. The molecule has 1 aliphatic heterocycles. The van der Waals surface area contributed by atoms with Gasteiger partial charge < -0.3 is 9.84 Å². The first-order valence-corrected chi connectivity index (χ1v) is 7.87. The third-order valence-corrected chi connectivity index (χ3v) is 3.64. The van der Waals surface area contributed by atoms with E-state index < -0.39 is 35.6 Å². The molecule has 2 heterocycles. The molecule has 0 radical (unpaired) electrons. The average Bonchev–Trinajstić information content (AvgIpc) is 2.52. The summed E-state index contributed by atoms with van der Waals surface area (Å²) >= 11 is 0. The van der Waals surface area contributed by atoms with E-state index in [2.05, 4.69) is 4.98 Å². The molecule has 0 bridgehead atoms. The van der Waals surface area contributed by atoms with Gasteiger partial charge in [0.25, 0.3) is 0 Å². The molecular formula is C17H19F3N2O4. The van der Waals surface area contributed by atoms with Crippen LogP contribution in [0.5, 0.6) is 0 Å². The number of nitrogens with zero attached hydrogens (tertiary/aromatic N) is 2. The highest BCUT2D eigenvalue weighted by Crippen LogP contribution is 2.32. The van der Waals surface area contributed by atoms with E-state index in [1.165, 1.54) is 12.3 Å². The summed E-state index contributed by atoms with van der Waals surface area (Å²) in [6.07, 6.45) is -3.14. The zero-order valence-electron chi connectivity index (χ0n) is 14.5. The number of alkyl halides is 3. The summed E-state index contributed by atoms with van der Waals surface area (Å²) in [5, 5.41) is 9.38. The minimum Gasteiger partial charge on any atom is -0.465 e. The Labute approximate surface area is 148 Å². The van der Waals surface area contributed by atoms with Crippen molar-refractivity contribution in [2.45, 2.75) is 51.4 Å². The first-order chi connectivity index (χ1) is 11.9. The largest absolute Gasteiger partial charge is 0.465 e. The fraction of sp³-hybridized carbons (Fsp3) is 0.471. The van der Waals surface area contributed by atoms with Crippen molar-refractivity contribution in [3.63, 3.8) is 0 Å². The Hall–Kier alpha value is -2.58. The predicted octanol–water partition coefficient (Wildman–Crippen LogP) is 3.93. The fourth-order valence-corrected chi connectivity index (χ4v) is 2.51. The van der Waals surface area contributed by atoms with E-state index in [0.717, 1.165) is 17.2 Å². The smallest absolute Gasteiger partial charge is 0.433 e. The van der Waals surface area contributed by atoms with Gasteiger partial charge in [-0.15, -0.1) is 0 Å². The molecule has 0 aromatic carbocycles. The quantitative estimate of drug-likeness (QED) is 0.796. The first kappa shape index (κ1) is 19.7. The maximum atomic E-state index is 12.6. The number of halogens is 3. The van der Waals surface area contributed by atoms with Crippen molar-refractivity contribution in [1.82, 2.24) is 9.88 Å². The Balaban J connectivity index is 2.26. The van der Waals surface area contributed by atoms with Crippen molar-refractivity contribution in [2.24, 2.45) is 0 Å². The number of hydrogen-bond donors (Lipinski definition) is 1. The van der Waals surface area contributed by atoms with Gasteiger partial charge in [-0.1, -0.05) is 6.07 Å². The zero-order valence-corrected chi connectivity index (χ0v) is 14.5. The fourth-order valence-electron chi connectivity index (χ4n) is 2.51. The topological polar surface area (TPSA) is 79.7 Å². The Morgan fingerprint density at radius 3 is 2.38 bits per heavy atom. The molecule has 2 rings (SSSR count). The number of allylic oxidation sites excluding steroid dienone is 1. The van der Waals surface area contributed by atoms with E-state index in [1.54, 1.807) is 20.8 Å². The highest BCUT2D eigenvalue weighted by Gasteiger charge is 2.36. The SMILES string of the molecule is CC(C)(C)OC(=O)C1CCC(c2ccc(C(F)(F)F)nc2)=CN1C(=O)O. The molecule has 9 heteroatoms. The number of pyridine rings is 1. The van der Waals surface area contributed by atoms with Gasteiger partial charge in [-0.3, -0.25) is 9.88 Å². The predicted molar refractivity (Wildman–Crippen MR) is 85.9 cm³/mol. The maximum absolute atomic E-state index is 12.6. The second-order valence-corrected chi connectivity index (χ2v) is 6.86. The number of esters is 1. The highest BCUT2D eigenvalue weighted by atomic mass is 19.4. The van der Waals surface area contributed by atoms with Gasteiger partial charge in [-0.2, -0.15) is 13.2 Å². The van der Waals surface area contributed by atoms with E-state index in [-0.39, 0.29) is 6.42 Å². The lowest BCUT2D eigenvalue weighted by atomic mass is 9.96. The van der Waals surface area contributed by atoms with Gasteiger partial charge in [0.2, 0.25) is 0 Å². The first-order valence-electron chi connectivity index (χ1n) is 7.87. The summed E-state index contributed by atoms with van der Waals surface area (Å²) in [4.78, 5) is 27.9. The van der Waals surface area contributed by atoms with Crippen LogP contribution in [-0.4, -0.2) is 38.7 Å². The molecule has 6 nitrogen and oxygen atoms in total. The molecular weight excluding hydrogens is 353 g/mol.